The van der Waals surface area contributed by atoms with Crippen molar-refractivity contribution in [3.8, 4) is 5.75 Å². The number of aliphatic hydroxyl groups is 1. The highest BCUT2D eigenvalue weighted by molar-refractivity contribution is 5.43. The minimum absolute atomic E-state index is 0.598. The third kappa shape index (κ3) is 1.87. The summed E-state index contributed by atoms with van der Waals surface area (Å²) in [5.41, 5.74) is 4.00. The molecule has 3 rings (SSSR count). The van der Waals surface area contributed by atoms with Crippen LogP contribution < -0.4 is 4.74 Å². The Balaban J connectivity index is 1.98. The van der Waals surface area contributed by atoms with Crippen molar-refractivity contribution < 1.29 is 9.84 Å². The summed E-state index contributed by atoms with van der Waals surface area (Å²) in [5.74, 6) is 0.942. The molecule has 18 heavy (non-hydrogen) atoms. The zero-order valence-electron chi connectivity index (χ0n) is 10.3. The van der Waals surface area contributed by atoms with Crippen LogP contribution >= 0.6 is 0 Å². The van der Waals surface area contributed by atoms with Crippen molar-refractivity contribution in [1.82, 2.24) is 4.98 Å². The number of ether oxygens (including phenoxy) is 1. The Kier molecular flexibility index (Phi) is 2.76. The Morgan fingerprint density at radius 2 is 2.22 bits per heavy atom. The molecular weight excluding hydrogens is 226 g/mol. The van der Waals surface area contributed by atoms with E-state index >= 15 is 0 Å². The maximum Gasteiger partial charge on any atom is 0.122 e. The normalized spacial score (nSPS) is 15.0. The summed E-state index contributed by atoms with van der Waals surface area (Å²) in [5, 5.41) is 10.4. The zero-order valence-corrected chi connectivity index (χ0v) is 10.3. The number of rotatable bonds is 2. The fourth-order valence-corrected chi connectivity index (χ4v) is 2.35. The number of hydrogen-bond acceptors (Lipinski definition) is 3. The molecule has 1 atom stereocenters. The molecule has 3 nitrogen and oxygen atoms in total. The van der Waals surface area contributed by atoms with E-state index in [0.29, 0.717) is 0 Å². The summed E-state index contributed by atoms with van der Waals surface area (Å²) in [6.45, 7) is 2.70. The lowest BCUT2D eigenvalue weighted by Gasteiger charge is -2.14. The number of nitrogens with zero attached hydrogens (tertiary/aromatic N) is 1. The molecule has 1 aliphatic heterocycles. The molecule has 2 heterocycles. The molecule has 0 spiro atoms. The van der Waals surface area contributed by atoms with Crippen molar-refractivity contribution in [2.45, 2.75) is 19.4 Å². The summed E-state index contributed by atoms with van der Waals surface area (Å²) in [4.78, 5) is 4.05. The number of aryl methyl sites for hydroxylation is 1. The predicted octanol–water partition coefficient (Wildman–Crippen LogP) is 2.41. The summed E-state index contributed by atoms with van der Waals surface area (Å²) < 4.78 is 5.47. The van der Waals surface area contributed by atoms with Crippen LogP contribution in [0.4, 0.5) is 0 Å². The maximum atomic E-state index is 10.4. The quantitative estimate of drug-likeness (QED) is 0.878. The molecule has 92 valence electrons. The number of hydrogen-bond donors (Lipinski definition) is 1. The predicted molar refractivity (Wildman–Crippen MR) is 68.7 cm³/mol. The standard InChI is InChI=1S/C15H15NO2/c1-10-9-16-6-4-13(10)15(17)12-2-3-14-11(8-12)5-7-18-14/h2-4,6,8-9,15,17H,5,7H2,1H3. The zero-order chi connectivity index (χ0) is 12.5. The average Bonchev–Trinajstić information content (AvgIpc) is 2.85. The van der Waals surface area contributed by atoms with Crippen molar-refractivity contribution in [3.05, 3.63) is 58.9 Å². The number of aliphatic hydroxyl groups excluding tert-OH is 1. The largest absolute Gasteiger partial charge is 0.493 e. The Bertz CT molecular complexity index is 580. The summed E-state index contributed by atoms with van der Waals surface area (Å²) in [7, 11) is 0. The van der Waals surface area contributed by atoms with Crippen LogP contribution in [0, 0.1) is 6.92 Å². The van der Waals surface area contributed by atoms with Crippen LogP contribution in [0.1, 0.15) is 28.4 Å². The number of aromatic nitrogens is 1. The van der Waals surface area contributed by atoms with Gasteiger partial charge < -0.3 is 9.84 Å². The average molecular weight is 241 g/mol. The van der Waals surface area contributed by atoms with Crippen LogP contribution in [0.15, 0.2) is 36.7 Å². The third-order valence-electron chi connectivity index (χ3n) is 3.39. The van der Waals surface area contributed by atoms with Crippen LogP contribution in [0.2, 0.25) is 0 Å². The van der Waals surface area contributed by atoms with Crippen LogP contribution in [0.3, 0.4) is 0 Å². The molecule has 0 saturated heterocycles. The number of benzene rings is 1. The molecule has 0 amide bonds. The van der Waals surface area contributed by atoms with Crippen molar-refractivity contribution >= 4 is 0 Å². The van der Waals surface area contributed by atoms with Crippen molar-refractivity contribution in [1.29, 1.82) is 0 Å². The maximum absolute atomic E-state index is 10.4. The van der Waals surface area contributed by atoms with Gasteiger partial charge in [-0.05, 0) is 47.4 Å². The molecular formula is C15H15NO2. The topological polar surface area (TPSA) is 42.4 Å². The van der Waals surface area contributed by atoms with Gasteiger partial charge in [-0.3, -0.25) is 4.98 Å². The highest BCUT2D eigenvalue weighted by Crippen LogP contribution is 2.31. The fraction of sp³-hybridized carbons (Fsp3) is 0.267. The lowest BCUT2D eigenvalue weighted by atomic mass is 9.97. The minimum atomic E-state index is -0.598. The molecule has 1 aromatic carbocycles. The first kappa shape index (κ1) is 11.2. The van der Waals surface area contributed by atoms with Gasteiger partial charge in [0.1, 0.15) is 11.9 Å². The van der Waals surface area contributed by atoms with Crippen molar-refractivity contribution in [2.75, 3.05) is 6.61 Å². The smallest absolute Gasteiger partial charge is 0.122 e. The molecule has 0 fully saturated rings. The van der Waals surface area contributed by atoms with E-state index in [9.17, 15) is 5.11 Å². The van der Waals surface area contributed by atoms with E-state index in [4.69, 9.17) is 4.74 Å². The van der Waals surface area contributed by atoms with Gasteiger partial charge in [-0.25, -0.2) is 0 Å². The van der Waals surface area contributed by atoms with Gasteiger partial charge in [0.15, 0.2) is 0 Å². The van der Waals surface area contributed by atoms with E-state index in [1.807, 2.05) is 31.2 Å². The molecule has 3 heteroatoms. The van der Waals surface area contributed by atoms with Crippen LogP contribution in [-0.4, -0.2) is 16.7 Å². The molecule has 0 radical (unpaired) electrons. The lowest BCUT2D eigenvalue weighted by molar-refractivity contribution is 0.219. The lowest BCUT2D eigenvalue weighted by Crippen LogP contribution is -2.02. The van der Waals surface area contributed by atoms with Gasteiger partial charge in [0.05, 0.1) is 6.61 Å². The fourth-order valence-electron chi connectivity index (χ4n) is 2.35. The first-order valence-electron chi connectivity index (χ1n) is 6.10. The van der Waals surface area contributed by atoms with Gasteiger partial charge in [0, 0.05) is 18.8 Å². The minimum Gasteiger partial charge on any atom is -0.493 e. The van der Waals surface area contributed by atoms with Gasteiger partial charge in [-0.2, -0.15) is 0 Å². The Morgan fingerprint density at radius 1 is 1.33 bits per heavy atom. The molecule has 0 bridgehead atoms. The first-order valence-corrected chi connectivity index (χ1v) is 6.10. The number of pyridine rings is 1. The highest BCUT2D eigenvalue weighted by Gasteiger charge is 2.17. The summed E-state index contributed by atoms with van der Waals surface area (Å²) in [6, 6.07) is 7.77. The molecule has 0 aliphatic carbocycles. The Hall–Kier alpha value is -1.87. The van der Waals surface area contributed by atoms with Gasteiger partial charge in [0.25, 0.3) is 0 Å². The number of fused-ring (bicyclic) bond motifs is 1. The van der Waals surface area contributed by atoms with E-state index in [1.54, 1.807) is 12.4 Å². The van der Waals surface area contributed by atoms with Crippen LogP contribution in [0.25, 0.3) is 0 Å². The van der Waals surface area contributed by atoms with Crippen molar-refractivity contribution in [2.24, 2.45) is 0 Å². The van der Waals surface area contributed by atoms with Gasteiger partial charge in [-0.1, -0.05) is 6.07 Å². The van der Waals surface area contributed by atoms with Gasteiger partial charge in [0.2, 0.25) is 0 Å². The van der Waals surface area contributed by atoms with E-state index < -0.39 is 6.10 Å². The Labute approximate surface area is 106 Å². The van der Waals surface area contributed by atoms with Gasteiger partial charge in [-0.15, -0.1) is 0 Å². The molecule has 1 aromatic heterocycles. The third-order valence-corrected chi connectivity index (χ3v) is 3.39. The molecule has 1 unspecified atom stereocenters. The second-order valence-electron chi connectivity index (χ2n) is 4.60. The second kappa shape index (κ2) is 4.42. The molecule has 1 aliphatic rings. The monoisotopic (exact) mass is 241 g/mol. The molecule has 0 saturated carbocycles. The molecule has 2 aromatic rings. The SMILES string of the molecule is Cc1cnccc1C(O)c1ccc2c(c1)CCO2. The van der Waals surface area contributed by atoms with E-state index in [2.05, 4.69) is 4.98 Å². The van der Waals surface area contributed by atoms with E-state index in [-0.39, 0.29) is 0 Å². The first-order chi connectivity index (χ1) is 8.75. The van der Waals surface area contributed by atoms with Crippen molar-refractivity contribution in [3.63, 3.8) is 0 Å². The summed E-state index contributed by atoms with van der Waals surface area (Å²) >= 11 is 0. The molecule has 1 N–H and O–H groups in total. The Morgan fingerprint density at radius 3 is 3.06 bits per heavy atom. The van der Waals surface area contributed by atoms with Gasteiger partial charge >= 0.3 is 0 Å². The van der Waals surface area contributed by atoms with Crippen LogP contribution in [-0.2, 0) is 6.42 Å². The highest BCUT2D eigenvalue weighted by atomic mass is 16.5. The van der Waals surface area contributed by atoms with Crippen LogP contribution in [0.5, 0.6) is 5.75 Å². The van der Waals surface area contributed by atoms with E-state index in [0.717, 1.165) is 35.5 Å². The summed E-state index contributed by atoms with van der Waals surface area (Å²) in [6.07, 6.45) is 3.81. The second-order valence-corrected chi connectivity index (χ2v) is 4.60. The van der Waals surface area contributed by atoms with E-state index in [1.165, 1.54) is 5.56 Å².